The van der Waals surface area contributed by atoms with Crippen LogP contribution in [0.5, 0.6) is 0 Å². The zero-order valence-electron chi connectivity index (χ0n) is 14.0. The van der Waals surface area contributed by atoms with Crippen molar-refractivity contribution in [3.05, 3.63) is 53.6 Å². The van der Waals surface area contributed by atoms with Crippen molar-refractivity contribution in [2.45, 2.75) is 6.92 Å². The van der Waals surface area contributed by atoms with Crippen LogP contribution < -0.4 is 10.2 Å². The fraction of sp³-hybridized carbons (Fsp3) is 0.263. The molecule has 0 aliphatic carbocycles. The van der Waals surface area contributed by atoms with Crippen molar-refractivity contribution in [3.8, 4) is 0 Å². The maximum absolute atomic E-state index is 12.4. The standard InChI is InChI=1S/C19H19N3O2S/c1-13-2-4-14(5-3-13)18(23)20-15-6-7-16-17(12-15)25-19(21-16)22-8-10-24-11-9-22/h2-7,12H,8-11H2,1H3,(H,20,23). The third kappa shape index (κ3) is 3.50. The molecule has 0 atom stereocenters. The van der Waals surface area contributed by atoms with Crippen LogP contribution in [-0.2, 0) is 4.74 Å². The van der Waals surface area contributed by atoms with E-state index in [1.807, 2.05) is 49.4 Å². The first-order valence-electron chi connectivity index (χ1n) is 8.30. The van der Waals surface area contributed by atoms with Gasteiger partial charge in [0.25, 0.3) is 5.91 Å². The number of nitrogens with one attached hydrogen (secondary N) is 1. The summed E-state index contributed by atoms with van der Waals surface area (Å²) < 4.78 is 6.47. The van der Waals surface area contributed by atoms with Crippen LogP contribution in [0.15, 0.2) is 42.5 Å². The van der Waals surface area contributed by atoms with Crippen molar-refractivity contribution in [1.29, 1.82) is 0 Å². The summed E-state index contributed by atoms with van der Waals surface area (Å²) in [4.78, 5) is 19.3. The highest BCUT2D eigenvalue weighted by molar-refractivity contribution is 7.22. The Balaban J connectivity index is 1.54. The number of carbonyl (C=O) groups excluding carboxylic acids is 1. The first-order valence-corrected chi connectivity index (χ1v) is 9.12. The molecule has 3 aromatic rings. The predicted octanol–water partition coefficient (Wildman–Crippen LogP) is 3.69. The van der Waals surface area contributed by atoms with Gasteiger partial charge in [-0.05, 0) is 37.3 Å². The number of thiazole rings is 1. The summed E-state index contributed by atoms with van der Waals surface area (Å²) >= 11 is 1.65. The Labute approximate surface area is 150 Å². The predicted molar refractivity (Wildman–Crippen MR) is 102 cm³/mol. The largest absolute Gasteiger partial charge is 0.378 e. The molecule has 2 heterocycles. The summed E-state index contributed by atoms with van der Waals surface area (Å²) in [5.41, 5.74) is 3.54. The van der Waals surface area contributed by atoms with Crippen LogP contribution in [0.4, 0.5) is 10.8 Å². The molecule has 128 valence electrons. The molecule has 1 aromatic heterocycles. The normalized spacial score (nSPS) is 14.7. The number of rotatable bonds is 3. The van der Waals surface area contributed by atoms with Crippen molar-refractivity contribution in [1.82, 2.24) is 4.98 Å². The van der Waals surface area contributed by atoms with Gasteiger partial charge in [-0.15, -0.1) is 0 Å². The van der Waals surface area contributed by atoms with E-state index in [1.165, 1.54) is 0 Å². The van der Waals surface area contributed by atoms with E-state index in [0.717, 1.165) is 52.9 Å². The molecule has 1 amide bonds. The molecule has 1 aliphatic rings. The van der Waals surface area contributed by atoms with Gasteiger partial charge in [0.05, 0.1) is 23.4 Å². The number of benzene rings is 2. The molecule has 1 saturated heterocycles. The van der Waals surface area contributed by atoms with Gasteiger partial charge < -0.3 is 15.0 Å². The number of anilines is 2. The Bertz CT molecular complexity index is 899. The molecule has 0 unspecified atom stereocenters. The molecule has 1 fully saturated rings. The molecule has 0 radical (unpaired) electrons. The van der Waals surface area contributed by atoms with Gasteiger partial charge in [0.15, 0.2) is 5.13 Å². The van der Waals surface area contributed by atoms with Gasteiger partial charge in [0.1, 0.15) is 0 Å². The number of hydrogen-bond acceptors (Lipinski definition) is 5. The minimum absolute atomic E-state index is 0.0998. The second kappa shape index (κ2) is 6.82. The monoisotopic (exact) mass is 353 g/mol. The lowest BCUT2D eigenvalue weighted by atomic mass is 10.1. The van der Waals surface area contributed by atoms with Crippen LogP contribution >= 0.6 is 11.3 Å². The highest BCUT2D eigenvalue weighted by atomic mass is 32.1. The molecule has 2 aromatic carbocycles. The van der Waals surface area contributed by atoms with E-state index in [1.54, 1.807) is 11.3 Å². The summed E-state index contributed by atoms with van der Waals surface area (Å²) in [6.45, 7) is 5.24. The molecular formula is C19H19N3O2S. The number of aryl methyl sites for hydroxylation is 1. The molecule has 4 rings (SSSR count). The SMILES string of the molecule is Cc1ccc(C(=O)Nc2ccc3nc(N4CCOCC4)sc3c2)cc1. The second-order valence-electron chi connectivity index (χ2n) is 6.10. The average Bonchev–Trinajstić information content (AvgIpc) is 3.06. The molecule has 6 heteroatoms. The van der Waals surface area contributed by atoms with E-state index in [-0.39, 0.29) is 5.91 Å². The number of carbonyl (C=O) groups is 1. The van der Waals surface area contributed by atoms with Crippen LogP contribution in [0.25, 0.3) is 10.2 Å². The third-order valence-electron chi connectivity index (χ3n) is 4.23. The van der Waals surface area contributed by atoms with E-state index in [0.29, 0.717) is 5.56 Å². The number of nitrogens with zero attached hydrogens (tertiary/aromatic N) is 2. The molecule has 1 aliphatic heterocycles. The highest BCUT2D eigenvalue weighted by Crippen LogP contribution is 2.31. The molecule has 0 spiro atoms. The van der Waals surface area contributed by atoms with Crippen molar-refractivity contribution in [2.24, 2.45) is 0 Å². The minimum Gasteiger partial charge on any atom is -0.378 e. The number of ether oxygens (including phenoxy) is 1. The van der Waals surface area contributed by atoms with E-state index in [2.05, 4.69) is 10.2 Å². The zero-order valence-corrected chi connectivity index (χ0v) is 14.8. The fourth-order valence-electron chi connectivity index (χ4n) is 2.79. The quantitative estimate of drug-likeness (QED) is 0.780. The van der Waals surface area contributed by atoms with Crippen LogP contribution in [0, 0.1) is 6.92 Å². The molecule has 1 N–H and O–H groups in total. The number of morpholine rings is 1. The molecule has 0 saturated carbocycles. The third-order valence-corrected chi connectivity index (χ3v) is 5.31. The lowest BCUT2D eigenvalue weighted by Crippen LogP contribution is -2.36. The second-order valence-corrected chi connectivity index (χ2v) is 7.11. The molecule has 25 heavy (non-hydrogen) atoms. The van der Waals surface area contributed by atoms with Gasteiger partial charge in [-0.2, -0.15) is 0 Å². The fourth-order valence-corrected chi connectivity index (χ4v) is 3.84. The number of hydrogen-bond donors (Lipinski definition) is 1. The topological polar surface area (TPSA) is 54.5 Å². The summed E-state index contributed by atoms with van der Waals surface area (Å²) in [5, 5.41) is 3.98. The molecular weight excluding hydrogens is 334 g/mol. The number of fused-ring (bicyclic) bond motifs is 1. The van der Waals surface area contributed by atoms with E-state index in [9.17, 15) is 4.79 Å². The van der Waals surface area contributed by atoms with Crippen LogP contribution in [0.1, 0.15) is 15.9 Å². The Hall–Kier alpha value is -2.44. The minimum atomic E-state index is -0.0998. The number of aromatic nitrogens is 1. The van der Waals surface area contributed by atoms with Gasteiger partial charge in [-0.1, -0.05) is 29.0 Å². The smallest absolute Gasteiger partial charge is 0.255 e. The first-order chi connectivity index (χ1) is 12.2. The van der Waals surface area contributed by atoms with Gasteiger partial charge in [0.2, 0.25) is 0 Å². The van der Waals surface area contributed by atoms with Crippen molar-refractivity contribution >= 4 is 38.3 Å². The lowest BCUT2D eigenvalue weighted by molar-refractivity contribution is 0.102. The van der Waals surface area contributed by atoms with Crippen molar-refractivity contribution < 1.29 is 9.53 Å². The van der Waals surface area contributed by atoms with Gasteiger partial charge in [-0.3, -0.25) is 4.79 Å². The summed E-state index contributed by atoms with van der Waals surface area (Å²) in [7, 11) is 0. The van der Waals surface area contributed by atoms with Crippen molar-refractivity contribution in [3.63, 3.8) is 0 Å². The van der Waals surface area contributed by atoms with Crippen LogP contribution in [-0.4, -0.2) is 37.2 Å². The maximum atomic E-state index is 12.4. The first kappa shape index (κ1) is 16.1. The van der Waals surface area contributed by atoms with E-state index >= 15 is 0 Å². The van der Waals surface area contributed by atoms with Gasteiger partial charge in [-0.25, -0.2) is 4.98 Å². The number of amides is 1. The zero-order chi connectivity index (χ0) is 17.2. The van der Waals surface area contributed by atoms with Gasteiger partial charge in [0, 0.05) is 24.3 Å². The van der Waals surface area contributed by atoms with Gasteiger partial charge >= 0.3 is 0 Å². The summed E-state index contributed by atoms with van der Waals surface area (Å²) in [6, 6.07) is 13.4. The van der Waals surface area contributed by atoms with Crippen LogP contribution in [0.3, 0.4) is 0 Å². The Morgan fingerprint density at radius 1 is 1.16 bits per heavy atom. The van der Waals surface area contributed by atoms with E-state index < -0.39 is 0 Å². The summed E-state index contributed by atoms with van der Waals surface area (Å²) in [5.74, 6) is -0.0998. The average molecular weight is 353 g/mol. The highest BCUT2D eigenvalue weighted by Gasteiger charge is 2.16. The molecule has 0 bridgehead atoms. The van der Waals surface area contributed by atoms with E-state index in [4.69, 9.17) is 9.72 Å². The lowest BCUT2D eigenvalue weighted by Gasteiger charge is -2.25. The van der Waals surface area contributed by atoms with Crippen LogP contribution in [0.2, 0.25) is 0 Å². The maximum Gasteiger partial charge on any atom is 0.255 e. The molecule has 5 nitrogen and oxygen atoms in total. The Kier molecular flexibility index (Phi) is 4.38. The Morgan fingerprint density at radius 3 is 2.68 bits per heavy atom. The summed E-state index contributed by atoms with van der Waals surface area (Å²) in [6.07, 6.45) is 0. The Morgan fingerprint density at radius 2 is 1.92 bits per heavy atom. The van der Waals surface area contributed by atoms with Crippen molar-refractivity contribution in [2.75, 3.05) is 36.5 Å².